The molecule has 192 valence electrons. The number of aromatic nitrogens is 1. The van der Waals surface area contributed by atoms with Crippen LogP contribution < -0.4 is 14.9 Å². The Morgan fingerprint density at radius 2 is 2.00 bits per heavy atom. The van der Waals surface area contributed by atoms with Gasteiger partial charge in [0.2, 0.25) is 0 Å². The van der Waals surface area contributed by atoms with Crippen molar-refractivity contribution in [1.29, 1.82) is 0 Å². The summed E-state index contributed by atoms with van der Waals surface area (Å²) in [6.45, 7) is 5.27. The molecule has 0 saturated carbocycles. The number of amides is 1. The van der Waals surface area contributed by atoms with Crippen molar-refractivity contribution in [2.75, 3.05) is 19.0 Å². The van der Waals surface area contributed by atoms with E-state index in [0.29, 0.717) is 29.7 Å². The number of hydrogen-bond acceptors (Lipinski definition) is 7. The monoisotopic (exact) mass is 609 g/mol. The zero-order valence-corrected chi connectivity index (χ0v) is 24.2. The van der Waals surface area contributed by atoms with Crippen LogP contribution in [0.15, 0.2) is 55.7 Å². The number of carbonyl (C=O) groups is 1. The molecular weight excluding hydrogens is 582 g/mol. The molecule has 0 aliphatic heterocycles. The highest BCUT2D eigenvalue weighted by atomic mass is 79.9. The van der Waals surface area contributed by atoms with Gasteiger partial charge in [-0.15, -0.1) is 11.3 Å². The highest BCUT2D eigenvalue weighted by Gasteiger charge is 2.12. The molecule has 0 bridgehead atoms. The maximum atomic E-state index is 12.3. The van der Waals surface area contributed by atoms with Crippen molar-refractivity contribution in [3.05, 3.63) is 56.8 Å². The molecule has 1 heterocycles. The second-order valence-corrected chi connectivity index (χ2v) is 11.1. The Labute approximate surface area is 234 Å². The van der Waals surface area contributed by atoms with Crippen LogP contribution in [0.25, 0.3) is 11.3 Å². The molecule has 10 heteroatoms. The summed E-state index contributed by atoms with van der Waals surface area (Å²) >= 11 is 12.4. The number of thiazole rings is 1. The molecule has 6 nitrogen and oxygen atoms in total. The zero-order chi connectivity index (χ0) is 25.8. The first-order valence-electron chi connectivity index (χ1n) is 11.8. The lowest BCUT2D eigenvalue weighted by atomic mass is 10.2. The lowest BCUT2D eigenvalue weighted by Crippen LogP contribution is -2.19. The minimum Gasteiger partial charge on any atom is -0.490 e. The van der Waals surface area contributed by atoms with Gasteiger partial charge in [0.1, 0.15) is 0 Å². The Morgan fingerprint density at radius 3 is 2.75 bits per heavy atom. The first-order valence-corrected chi connectivity index (χ1v) is 14.8. The molecule has 0 spiro atoms. The lowest BCUT2D eigenvalue weighted by Gasteiger charge is -2.14. The van der Waals surface area contributed by atoms with Gasteiger partial charge in [-0.05, 0) is 59.1 Å². The fourth-order valence-electron chi connectivity index (χ4n) is 3.18. The van der Waals surface area contributed by atoms with E-state index in [0.717, 1.165) is 38.5 Å². The summed E-state index contributed by atoms with van der Waals surface area (Å²) in [4.78, 5) is 16.8. The van der Waals surface area contributed by atoms with Crippen molar-refractivity contribution in [2.45, 2.75) is 43.9 Å². The van der Waals surface area contributed by atoms with E-state index < -0.39 is 0 Å². The second-order valence-electron chi connectivity index (χ2n) is 7.76. The van der Waals surface area contributed by atoms with Crippen LogP contribution >= 0.6 is 50.6 Å². The fourth-order valence-corrected chi connectivity index (χ4v) is 5.51. The number of nitrogens with zero attached hydrogens (tertiary/aromatic N) is 2. The van der Waals surface area contributed by atoms with Gasteiger partial charge in [0, 0.05) is 16.0 Å². The molecule has 0 aliphatic rings. The number of nitrogens with one attached hydrogen (secondary N) is 1. The molecule has 1 aromatic heterocycles. The summed E-state index contributed by atoms with van der Waals surface area (Å²) in [6, 6.07) is 11.3. The Balaban J connectivity index is 1.51. The van der Waals surface area contributed by atoms with E-state index in [2.05, 4.69) is 38.4 Å². The molecule has 2 aromatic carbocycles. The van der Waals surface area contributed by atoms with Gasteiger partial charge in [0.25, 0.3) is 5.91 Å². The predicted molar refractivity (Wildman–Crippen MR) is 154 cm³/mol. The van der Waals surface area contributed by atoms with Crippen LogP contribution in [0.4, 0.5) is 0 Å². The molecule has 0 aliphatic carbocycles. The van der Waals surface area contributed by atoms with Gasteiger partial charge < -0.3 is 9.47 Å². The normalized spacial score (nSPS) is 11.1. The number of rotatable bonds is 14. The average Bonchev–Trinajstić information content (AvgIpc) is 3.34. The van der Waals surface area contributed by atoms with Crippen LogP contribution in [0.5, 0.6) is 11.5 Å². The minimum atomic E-state index is -0.212. The molecule has 36 heavy (non-hydrogen) atoms. The maximum absolute atomic E-state index is 12.3. The van der Waals surface area contributed by atoms with Gasteiger partial charge >= 0.3 is 0 Å². The average molecular weight is 611 g/mol. The van der Waals surface area contributed by atoms with Crippen LogP contribution in [0, 0.1) is 0 Å². The van der Waals surface area contributed by atoms with Gasteiger partial charge in [0.15, 0.2) is 15.8 Å². The fraction of sp³-hybridized carbons (Fsp3) is 0.346. The molecule has 1 amide bonds. The van der Waals surface area contributed by atoms with E-state index >= 15 is 0 Å². The van der Waals surface area contributed by atoms with Crippen LogP contribution in [-0.2, 0) is 4.79 Å². The molecule has 1 N–H and O–H groups in total. The van der Waals surface area contributed by atoms with E-state index in [1.165, 1.54) is 35.9 Å². The molecule has 0 unspecified atom stereocenters. The van der Waals surface area contributed by atoms with E-state index in [9.17, 15) is 4.79 Å². The van der Waals surface area contributed by atoms with Crippen molar-refractivity contribution in [1.82, 2.24) is 10.4 Å². The second kappa shape index (κ2) is 15.2. The van der Waals surface area contributed by atoms with Crippen LogP contribution in [-0.4, -0.2) is 36.1 Å². The lowest BCUT2D eigenvalue weighted by molar-refractivity contribution is -0.118. The number of unbranched alkanes of at least 4 members (excludes halogenated alkanes) is 3. The van der Waals surface area contributed by atoms with E-state index in [4.69, 9.17) is 21.1 Å². The van der Waals surface area contributed by atoms with Crippen molar-refractivity contribution in [3.63, 3.8) is 0 Å². The third-order valence-electron chi connectivity index (χ3n) is 4.93. The number of halogens is 2. The molecule has 0 atom stereocenters. The molecule has 3 rings (SSSR count). The minimum absolute atomic E-state index is 0.212. The summed E-state index contributed by atoms with van der Waals surface area (Å²) < 4.78 is 13.3. The Hall–Kier alpha value is -2.07. The molecule has 0 radical (unpaired) electrons. The first kappa shape index (κ1) is 28.5. The maximum Gasteiger partial charge on any atom is 0.250 e. The number of carbonyl (C=O) groups excluding carboxylic acids is 1. The Kier molecular flexibility index (Phi) is 12.1. The van der Waals surface area contributed by atoms with Crippen molar-refractivity contribution < 1.29 is 14.3 Å². The van der Waals surface area contributed by atoms with Crippen molar-refractivity contribution >= 4 is 62.8 Å². The quantitative estimate of drug-likeness (QED) is 0.0872. The highest BCUT2D eigenvalue weighted by molar-refractivity contribution is 9.10. The molecular formula is C26H29BrClN3O3S2. The summed E-state index contributed by atoms with van der Waals surface area (Å²) in [6.07, 6.45) is 6.13. The van der Waals surface area contributed by atoms with E-state index in [-0.39, 0.29) is 11.7 Å². The predicted octanol–water partition coefficient (Wildman–Crippen LogP) is 7.83. The SMILES string of the molecule is CCCCCCOc1c(Br)cc(/C=N/NC(=O)CSc2nc(-c3ccc(Cl)cc3)cs2)cc1OCC. The van der Waals surface area contributed by atoms with Crippen molar-refractivity contribution in [2.24, 2.45) is 5.10 Å². The third-order valence-corrected chi connectivity index (χ3v) is 7.79. The van der Waals surface area contributed by atoms with Gasteiger partial charge in [0.05, 0.1) is 35.3 Å². The number of hydrazone groups is 1. The number of benzene rings is 2. The molecule has 0 fully saturated rings. The van der Waals surface area contributed by atoms with Crippen LogP contribution in [0.3, 0.4) is 0 Å². The topological polar surface area (TPSA) is 72.8 Å². The van der Waals surface area contributed by atoms with E-state index in [1.54, 1.807) is 6.21 Å². The molecule has 3 aromatic rings. The first-order chi connectivity index (χ1) is 17.5. The smallest absolute Gasteiger partial charge is 0.250 e. The van der Waals surface area contributed by atoms with Gasteiger partial charge in [-0.25, -0.2) is 10.4 Å². The molecule has 0 saturated heterocycles. The Morgan fingerprint density at radius 1 is 1.19 bits per heavy atom. The summed E-state index contributed by atoms with van der Waals surface area (Å²) in [5, 5.41) is 6.75. The van der Waals surface area contributed by atoms with Crippen LogP contribution in [0.2, 0.25) is 5.02 Å². The standard InChI is InChI=1S/C26H29BrClN3O3S2/c1-3-5-6-7-12-34-25-21(27)13-18(14-23(25)33-4-2)15-29-31-24(32)17-36-26-30-22(16-35-26)19-8-10-20(28)11-9-19/h8-11,13-16H,3-7,12,17H2,1-2H3,(H,31,32)/b29-15+. The third kappa shape index (κ3) is 9.10. The van der Waals surface area contributed by atoms with Crippen LogP contribution in [0.1, 0.15) is 45.1 Å². The largest absolute Gasteiger partial charge is 0.490 e. The number of ether oxygens (including phenoxy) is 2. The zero-order valence-electron chi connectivity index (χ0n) is 20.3. The van der Waals surface area contributed by atoms with Gasteiger partial charge in [-0.2, -0.15) is 5.10 Å². The summed E-state index contributed by atoms with van der Waals surface area (Å²) in [5.41, 5.74) is 5.20. The Bertz CT molecular complexity index is 1160. The summed E-state index contributed by atoms with van der Waals surface area (Å²) in [5.74, 6) is 1.33. The van der Waals surface area contributed by atoms with Gasteiger partial charge in [-0.1, -0.05) is 61.7 Å². The van der Waals surface area contributed by atoms with Gasteiger partial charge in [-0.3, -0.25) is 4.79 Å². The summed E-state index contributed by atoms with van der Waals surface area (Å²) in [7, 11) is 0. The van der Waals surface area contributed by atoms with Crippen molar-refractivity contribution in [3.8, 4) is 22.8 Å². The number of hydrogen-bond donors (Lipinski definition) is 1. The highest BCUT2D eigenvalue weighted by Crippen LogP contribution is 2.37. The van der Waals surface area contributed by atoms with E-state index in [1.807, 2.05) is 48.7 Å². The number of thioether (sulfide) groups is 1.